The fourth-order valence-electron chi connectivity index (χ4n) is 2.82. The van der Waals surface area contributed by atoms with Crippen molar-refractivity contribution in [1.29, 1.82) is 0 Å². The molecular weight excluding hydrogens is 314 g/mol. The van der Waals surface area contributed by atoms with E-state index in [1.54, 1.807) is 6.26 Å². The maximum Gasteiger partial charge on any atom is 0.223 e. The summed E-state index contributed by atoms with van der Waals surface area (Å²) in [6, 6.07) is 11.5. The summed E-state index contributed by atoms with van der Waals surface area (Å²) in [5, 5.41) is 0.748. The summed E-state index contributed by atoms with van der Waals surface area (Å²) in [5.74, 6) is 0.994. The lowest BCUT2D eigenvalue weighted by Crippen LogP contribution is -2.46. The van der Waals surface area contributed by atoms with E-state index in [1.807, 2.05) is 41.3 Å². The van der Waals surface area contributed by atoms with E-state index < -0.39 is 0 Å². The number of carbonyl (C=O) groups excluding carboxylic acids is 1. The van der Waals surface area contributed by atoms with Crippen LogP contribution in [0.15, 0.2) is 47.1 Å². The Morgan fingerprint density at radius 3 is 2.91 bits per heavy atom. The highest BCUT2D eigenvalue weighted by Crippen LogP contribution is 2.20. The lowest BCUT2D eigenvalue weighted by molar-refractivity contribution is -0.138. The first-order chi connectivity index (χ1) is 11.2. The van der Waals surface area contributed by atoms with Crippen LogP contribution in [0.2, 0.25) is 5.02 Å². The summed E-state index contributed by atoms with van der Waals surface area (Å²) in [6.07, 6.45) is 3.46. The van der Waals surface area contributed by atoms with Gasteiger partial charge in [-0.05, 0) is 23.8 Å². The largest absolute Gasteiger partial charge is 0.469 e. The summed E-state index contributed by atoms with van der Waals surface area (Å²) in [6.45, 7) is 1.83. The zero-order chi connectivity index (χ0) is 16.1. The molecule has 1 amide bonds. The van der Waals surface area contributed by atoms with E-state index in [4.69, 9.17) is 20.8 Å². The van der Waals surface area contributed by atoms with Crippen molar-refractivity contribution in [3.63, 3.8) is 0 Å². The number of hydrogen-bond donors (Lipinski definition) is 0. The Morgan fingerprint density at radius 1 is 1.26 bits per heavy atom. The first kappa shape index (κ1) is 16.1. The molecule has 0 radical (unpaired) electrons. The molecule has 1 aromatic carbocycles. The van der Waals surface area contributed by atoms with E-state index >= 15 is 0 Å². The van der Waals surface area contributed by atoms with Gasteiger partial charge in [0.25, 0.3) is 0 Å². The minimum atomic E-state index is -0.00351. The smallest absolute Gasteiger partial charge is 0.223 e. The highest BCUT2D eigenvalue weighted by molar-refractivity contribution is 6.31. The number of nitrogens with zero attached hydrogens (tertiary/aromatic N) is 1. The van der Waals surface area contributed by atoms with E-state index in [9.17, 15) is 4.79 Å². The van der Waals surface area contributed by atoms with Crippen molar-refractivity contribution in [3.8, 4) is 0 Å². The summed E-state index contributed by atoms with van der Waals surface area (Å²) < 4.78 is 11.1. The molecule has 1 aliphatic heterocycles. The number of ether oxygens (including phenoxy) is 1. The van der Waals surface area contributed by atoms with Gasteiger partial charge >= 0.3 is 0 Å². The van der Waals surface area contributed by atoms with Crippen LogP contribution in [0.25, 0.3) is 0 Å². The lowest BCUT2D eigenvalue weighted by atomic mass is 10.1. The van der Waals surface area contributed by atoms with Gasteiger partial charge in [-0.3, -0.25) is 4.79 Å². The monoisotopic (exact) mass is 333 g/mol. The molecule has 0 saturated carbocycles. The maximum atomic E-state index is 12.4. The molecule has 3 rings (SSSR count). The van der Waals surface area contributed by atoms with Gasteiger partial charge in [-0.2, -0.15) is 0 Å². The van der Waals surface area contributed by atoms with Crippen LogP contribution in [0.3, 0.4) is 0 Å². The minimum Gasteiger partial charge on any atom is -0.469 e. The van der Waals surface area contributed by atoms with Crippen LogP contribution in [0.4, 0.5) is 0 Å². The molecule has 2 aromatic rings. The van der Waals surface area contributed by atoms with Crippen molar-refractivity contribution in [2.45, 2.75) is 25.4 Å². The SMILES string of the molecule is O=C(CCc1ccco1)N1CCOC(Cc2ccccc2Cl)C1. The van der Waals surface area contributed by atoms with E-state index in [0.29, 0.717) is 32.5 Å². The highest BCUT2D eigenvalue weighted by Gasteiger charge is 2.24. The fraction of sp³-hybridized carbons (Fsp3) is 0.389. The molecule has 2 heterocycles. The van der Waals surface area contributed by atoms with Crippen molar-refractivity contribution in [1.82, 2.24) is 4.90 Å². The Hall–Kier alpha value is -1.78. The molecule has 1 saturated heterocycles. The molecule has 4 nitrogen and oxygen atoms in total. The van der Waals surface area contributed by atoms with Crippen molar-refractivity contribution >= 4 is 17.5 Å². The number of benzene rings is 1. The van der Waals surface area contributed by atoms with Gasteiger partial charge in [-0.25, -0.2) is 0 Å². The number of hydrogen-bond acceptors (Lipinski definition) is 3. The zero-order valence-electron chi connectivity index (χ0n) is 12.9. The second kappa shape index (κ2) is 7.66. The molecule has 0 N–H and O–H groups in total. The second-order valence-corrected chi connectivity index (χ2v) is 6.11. The van der Waals surface area contributed by atoms with Gasteiger partial charge in [0, 0.05) is 37.4 Å². The number of furan rings is 1. The Morgan fingerprint density at radius 2 is 2.13 bits per heavy atom. The predicted octanol–water partition coefficient (Wildman–Crippen LogP) is 3.34. The Bertz CT molecular complexity index is 641. The Kier molecular flexibility index (Phi) is 5.36. The highest BCUT2D eigenvalue weighted by atomic mass is 35.5. The molecule has 1 aromatic heterocycles. The fourth-order valence-corrected chi connectivity index (χ4v) is 3.03. The van der Waals surface area contributed by atoms with Crippen LogP contribution < -0.4 is 0 Å². The van der Waals surface area contributed by atoms with Crippen LogP contribution in [-0.4, -0.2) is 36.6 Å². The Balaban J connectivity index is 1.53. The van der Waals surface area contributed by atoms with Gasteiger partial charge < -0.3 is 14.1 Å². The van der Waals surface area contributed by atoms with Crippen molar-refractivity contribution in [2.75, 3.05) is 19.7 Å². The number of amides is 1. The quantitative estimate of drug-likeness (QED) is 0.843. The van der Waals surface area contributed by atoms with E-state index in [1.165, 1.54) is 0 Å². The number of aryl methyl sites for hydroxylation is 1. The number of rotatable bonds is 5. The molecule has 1 aliphatic rings. The normalized spacial score (nSPS) is 18.1. The van der Waals surface area contributed by atoms with Crippen LogP contribution >= 0.6 is 11.6 Å². The molecular formula is C18H20ClNO3. The molecule has 5 heteroatoms. The summed E-state index contributed by atoms with van der Waals surface area (Å²) in [7, 11) is 0. The summed E-state index contributed by atoms with van der Waals surface area (Å²) in [4.78, 5) is 14.2. The minimum absolute atomic E-state index is 0.00351. The Labute approximate surface area is 141 Å². The molecule has 23 heavy (non-hydrogen) atoms. The number of morpholine rings is 1. The van der Waals surface area contributed by atoms with Crippen LogP contribution in [0.5, 0.6) is 0 Å². The van der Waals surface area contributed by atoms with Gasteiger partial charge in [0.1, 0.15) is 5.76 Å². The summed E-state index contributed by atoms with van der Waals surface area (Å²) >= 11 is 6.20. The second-order valence-electron chi connectivity index (χ2n) is 5.71. The van der Waals surface area contributed by atoms with Crippen molar-refractivity contribution in [2.24, 2.45) is 0 Å². The lowest BCUT2D eigenvalue weighted by Gasteiger charge is -2.33. The first-order valence-corrected chi connectivity index (χ1v) is 8.25. The molecule has 0 aliphatic carbocycles. The first-order valence-electron chi connectivity index (χ1n) is 7.87. The van der Waals surface area contributed by atoms with Crippen molar-refractivity contribution < 1.29 is 13.9 Å². The molecule has 0 bridgehead atoms. The van der Waals surface area contributed by atoms with E-state index in [0.717, 1.165) is 22.8 Å². The third-order valence-electron chi connectivity index (χ3n) is 4.06. The van der Waals surface area contributed by atoms with E-state index in [-0.39, 0.29) is 12.0 Å². The molecule has 0 spiro atoms. The molecule has 122 valence electrons. The van der Waals surface area contributed by atoms with Gasteiger partial charge in [0.15, 0.2) is 0 Å². The third-order valence-corrected chi connectivity index (χ3v) is 4.43. The molecule has 1 atom stereocenters. The topological polar surface area (TPSA) is 42.7 Å². The average Bonchev–Trinajstić information content (AvgIpc) is 3.08. The number of carbonyl (C=O) groups is 1. The average molecular weight is 334 g/mol. The van der Waals surface area contributed by atoms with Crippen molar-refractivity contribution in [3.05, 3.63) is 59.0 Å². The van der Waals surface area contributed by atoms with Gasteiger partial charge in [0.05, 0.1) is 19.0 Å². The van der Waals surface area contributed by atoms with Gasteiger partial charge in [-0.1, -0.05) is 29.8 Å². The van der Waals surface area contributed by atoms with Crippen LogP contribution in [0, 0.1) is 0 Å². The van der Waals surface area contributed by atoms with Gasteiger partial charge in [0.2, 0.25) is 5.91 Å². The van der Waals surface area contributed by atoms with Gasteiger partial charge in [-0.15, -0.1) is 0 Å². The van der Waals surface area contributed by atoms with E-state index in [2.05, 4.69) is 0 Å². The molecule has 1 unspecified atom stereocenters. The molecule has 1 fully saturated rings. The van der Waals surface area contributed by atoms with Crippen LogP contribution in [0.1, 0.15) is 17.7 Å². The number of halogens is 1. The third kappa shape index (κ3) is 4.36. The predicted molar refractivity (Wildman–Crippen MR) is 88.5 cm³/mol. The standard InChI is InChI=1S/C18H20ClNO3/c19-17-6-2-1-4-14(17)12-16-13-20(9-11-23-16)18(21)8-7-15-5-3-10-22-15/h1-6,10,16H,7-9,11-13H2. The summed E-state index contributed by atoms with van der Waals surface area (Å²) in [5.41, 5.74) is 1.06. The van der Waals surface area contributed by atoms with Crippen LogP contribution in [-0.2, 0) is 22.4 Å². The zero-order valence-corrected chi connectivity index (χ0v) is 13.7. The maximum absolute atomic E-state index is 12.4.